The molecule has 0 aliphatic rings. The summed E-state index contributed by atoms with van der Waals surface area (Å²) in [5, 5.41) is 53.4. The van der Waals surface area contributed by atoms with Crippen LogP contribution in [0.5, 0.6) is 0 Å². The van der Waals surface area contributed by atoms with Crippen molar-refractivity contribution in [1.29, 1.82) is 0 Å². The number of carbonyl (C=O) groups excluding carboxylic acids is 17. The van der Waals surface area contributed by atoms with Crippen molar-refractivity contribution in [3.05, 3.63) is 0 Å². The largest absolute Gasteiger partial charge is 0.480 e. The van der Waals surface area contributed by atoms with Crippen LogP contribution in [0, 0.1) is 0 Å². The Hall–Kier alpha value is -3.28. The van der Waals surface area contributed by atoms with E-state index in [0.717, 1.165) is 0 Å². The topological polar surface area (TPSA) is 558 Å². The molecule has 20 N–H and O–H groups in total. The van der Waals surface area contributed by atoms with Gasteiger partial charge in [0.25, 0.3) is 0 Å². The number of hydrogen-bond acceptors (Lipinski definition) is 37. The van der Waals surface area contributed by atoms with E-state index in [4.69, 9.17) is 5.73 Å². The van der Waals surface area contributed by atoms with Crippen molar-refractivity contribution < 1.29 is 91.4 Å². The van der Waals surface area contributed by atoms with E-state index in [2.05, 4.69) is 318 Å². The lowest BCUT2D eigenvalue weighted by Crippen LogP contribution is -2.61. The Bertz CT molecular complexity index is 3400. The Labute approximate surface area is 841 Å². The van der Waals surface area contributed by atoms with Gasteiger partial charge < -0.3 is 101 Å². The Kier molecular flexibility index (Phi) is 71.2. The van der Waals surface area contributed by atoms with Gasteiger partial charge in [-0.3, -0.25) is 81.5 Å². The lowest BCUT2D eigenvalue weighted by atomic mass is 10.1. The van der Waals surface area contributed by atoms with Gasteiger partial charge in [0.2, 0.25) is 100 Å². The minimum absolute atomic E-state index is 0.00324. The first-order valence-electron chi connectivity index (χ1n) is 40.6. The van der Waals surface area contributed by atoms with E-state index < -0.39 is 215 Å². The van der Waals surface area contributed by atoms with Crippen molar-refractivity contribution in [1.82, 2.24) is 90.4 Å². The third kappa shape index (κ3) is 49.2. The third-order valence-electron chi connectivity index (χ3n) is 18.6. The maximum absolute atomic E-state index is 14.3. The number of amides is 17. The van der Waals surface area contributed by atoms with Crippen molar-refractivity contribution in [2.45, 2.75) is 224 Å². The molecule has 728 valence electrons. The van der Waals surface area contributed by atoms with Crippen LogP contribution in [0.1, 0.15) is 116 Å². The summed E-state index contributed by atoms with van der Waals surface area (Å²) in [5.74, 6) is -14.7. The molecule has 0 aliphatic carbocycles. The summed E-state index contributed by atoms with van der Waals surface area (Å²) >= 11 is 76.4. The van der Waals surface area contributed by atoms with Crippen molar-refractivity contribution in [3.8, 4) is 0 Å². The predicted octanol–water partition coefficient (Wildman–Crippen LogP) is -3.60. The SMILES string of the molecule is N[C@@H](CCS)C(=O)N[C@@H](CCS)C(=O)N[C@@H](CCS)C(=O)N[C@@H](CCS)C(=O)N[C@@H](CCS)C(=O)N[C@@H](CCS)C(=O)N[C@@H](CCS)C(=O)N[C@@H](CCS)C(=O)N[C@@H](CCS)C(=O)N[C@@H](CCS)C(=O)N[C@@H](CCS)C(=O)N[C@@H](CCS)C(=O)N[C@@H](CCS)C(=O)N[C@@H](CCS)C(=O)N[C@@H](CCS)C(=O)N[C@@H](CCS)C(=O)N[C@@H](CCS)C(=O)N[C@@H](CCS)C(=O)O. The average molecular weight is 2130 g/mol. The summed E-state index contributed by atoms with van der Waals surface area (Å²) in [6.07, 6.45) is -1.23. The molecule has 0 rings (SSSR count). The van der Waals surface area contributed by atoms with Crippen LogP contribution < -0.4 is 96.1 Å². The second-order valence-electron chi connectivity index (χ2n) is 28.2. The molecule has 0 aliphatic heterocycles. The average Bonchev–Trinajstić information content (AvgIpc) is 0.847. The van der Waals surface area contributed by atoms with Crippen LogP contribution in [0.3, 0.4) is 0 Å². The van der Waals surface area contributed by atoms with Gasteiger partial charge in [-0.2, -0.15) is 227 Å². The molecule has 127 heavy (non-hydrogen) atoms. The summed E-state index contributed by atoms with van der Waals surface area (Å²) in [4.78, 5) is 249. The normalized spacial score (nSPS) is 15.4. The minimum Gasteiger partial charge on any atom is -0.480 e. The van der Waals surface area contributed by atoms with E-state index in [9.17, 15) is 91.4 Å². The fraction of sp³-hybridized carbons (Fsp3) is 0.750. The van der Waals surface area contributed by atoms with Crippen LogP contribution in [0.2, 0.25) is 0 Å². The molecule has 0 aromatic heterocycles. The van der Waals surface area contributed by atoms with Crippen LogP contribution >= 0.6 is 227 Å². The van der Waals surface area contributed by atoms with Gasteiger partial charge >= 0.3 is 5.97 Å². The van der Waals surface area contributed by atoms with Crippen molar-refractivity contribution >= 4 is 334 Å². The number of carbonyl (C=O) groups is 18. The van der Waals surface area contributed by atoms with E-state index >= 15 is 0 Å². The smallest absolute Gasteiger partial charge is 0.326 e. The fourth-order valence-electron chi connectivity index (χ4n) is 11.7. The zero-order valence-electron chi connectivity index (χ0n) is 69.8. The number of carboxylic acid groups (broad SMARTS) is 1. The summed E-state index contributed by atoms with van der Waals surface area (Å²) in [6, 6.07) is -24.0. The monoisotopic (exact) mass is 2120 g/mol. The third-order valence-corrected chi connectivity index (χ3v) is 23.3. The number of nitrogens with one attached hydrogen (secondary N) is 17. The molecule has 0 bridgehead atoms. The molecule has 0 aromatic carbocycles. The first-order valence-corrected chi connectivity index (χ1v) is 52.0. The van der Waals surface area contributed by atoms with Crippen molar-refractivity contribution in [2.75, 3.05) is 104 Å². The lowest BCUT2D eigenvalue weighted by molar-refractivity contribution is -0.142. The van der Waals surface area contributed by atoms with Crippen molar-refractivity contribution in [2.24, 2.45) is 5.73 Å². The summed E-state index contributed by atoms with van der Waals surface area (Å²) in [6.45, 7) is 0. The van der Waals surface area contributed by atoms with Crippen LogP contribution in [-0.4, -0.2) is 324 Å². The highest BCUT2D eigenvalue weighted by Crippen LogP contribution is 2.14. The number of nitrogens with two attached hydrogens (primary N) is 1. The molecule has 17 amide bonds. The fourth-order valence-corrected chi connectivity index (χ4v) is 16.3. The molecule has 0 aromatic rings. The number of rotatable bonds is 71. The molecule has 37 nitrogen and oxygen atoms in total. The molecular formula is C72H128N18O19S18. The quantitative estimate of drug-likeness (QED) is 0.0262. The zero-order chi connectivity index (χ0) is 96.3. The Morgan fingerprint density at radius 3 is 0.315 bits per heavy atom. The van der Waals surface area contributed by atoms with Gasteiger partial charge in [0.1, 0.15) is 103 Å². The molecule has 0 saturated heterocycles. The Balaban J connectivity index is 6.63. The van der Waals surface area contributed by atoms with Gasteiger partial charge in [0.05, 0.1) is 6.04 Å². The zero-order valence-corrected chi connectivity index (χ0v) is 85.9. The van der Waals surface area contributed by atoms with E-state index in [1.807, 2.05) is 0 Å². The van der Waals surface area contributed by atoms with E-state index in [1.54, 1.807) is 0 Å². The highest BCUT2D eigenvalue weighted by molar-refractivity contribution is 7.82. The molecular weight excluding hydrogens is 2000 g/mol. The first-order chi connectivity index (χ1) is 60.5. The second kappa shape index (κ2) is 73.1. The van der Waals surface area contributed by atoms with Crippen LogP contribution in [0.15, 0.2) is 0 Å². The van der Waals surface area contributed by atoms with Crippen molar-refractivity contribution in [3.63, 3.8) is 0 Å². The molecule has 0 fully saturated rings. The maximum atomic E-state index is 14.3. The number of aliphatic carboxylic acids is 1. The minimum atomic E-state index is -1.43. The Morgan fingerprint density at radius 1 is 0.150 bits per heavy atom. The van der Waals surface area contributed by atoms with Gasteiger partial charge in [0.15, 0.2) is 0 Å². The number of thiol groups is 18. The van der Waals surface area contributed by atoms with Crippen LogP contribution in [0.25, 0.3) is 0 Å². The molecule has 55 heteroatoms. The van der Waals surface area contributed by atoms with Gasteiger partial charge in [-0.05, 0) is 219 Å². The van der Waals surface area contributed by atoms with E-state index in [0.29, 0.717) is 5.75 Å². The van der Waals surface area contributed by atoms with Gasteiger partial charge in [-0.25, -0.2) is 4.79 Å². The van der Waals surface area contributed by atoms with Crippen LogP contribution in [0.4, 0.5) is 0 Å². The molecule has 0 heterocycles. The highest BCUT2D eigenvalue weighted by atomic mass is 32.1. The van der Waals surface area contributed by atoms with E-state index in [-0.39, 0.29) is 213 Å². The molecule has 18 atom stereocenters. The summed E-state index contributed by atoms with van der Waals surface area (Å²) in [5.41, 5.74) is 5.93. The Morgan fingerprint density at radius 2 is 0.228 bits per heavy atom. The first kappa shape index (κ1) is 124. The van der Waals surface area contributed by atoms with Gasteiger partial charge in [-0.15, -0.1) is 0 Å². The maximum Gasteiger partial charge on any atom is 0.326 e. The number of carboxylic acids is 1. The van der Waals surface area contributed by atoms with Crippen LogP contribution in [-0.2, 0) is 86.3 Å². The van der Waals surface area contributed by atoms with E-state index in [1.165, 1.54) is 0 Å². The predicted molar refractivity (Wildman–Crippen MR) is 551 cm³/mol. The highest BCUT2D eigenvalue weighted by Gasteiger charge is 2.40. The number of hydrogen-bond donors (Lipinski definition) is 37. The summed E-state index contributed by atoms with van der Waals surface area (Å²) < 4.78 is 0. The summed E-state index contributed by atoms with van der Waals surface area (Å²) in [7, 11) is 0. The standard InChI is InChI=1S/C72H128N18O19S18/c73-37(1-19-110)55(91)74-38(2-20-111)56(92)75-39(3-21-112)57(93)76-40(4-22-113)58(94)77-41(5-23-114)59(95)78-42(6-24-115)60(96)79-43(7-25-116)61(97)80-44(8-26-117)62(98)81-45(9-27-118)63(99)82-46(10-28-119)64(100)83-47(11-29-120)65(101)84-48(12-30-121)66(102)85-49(13-31-122)67(103)86-50(14-32-123)68(104)87-51(15-33-124)69(105)88-52(16-34-125)70(106)89-53(17-35-126)71(107)90-54(18-36-127)72(108)109/h37-54,110-127H,1-36,73H2,(H,74,91)(H,75,92)(H,76,93)(H,77,94)(H,78,95)(H,79,96)(H,80,97)(H,81,98)(H,82,99)(H,83,100)(H,84,101)(H,85,102)(H,86,103)(H,87,104)(H,88,105)(H,89,106)(H,90,107)(H,108,109)/t37-,38-,39-,40-,41-,42-,43-,44-,45-,46-,47-,48-,49-,50-,51-,52-,53-,54-/m0/s1. The molecule has 0 spiro atoms. The lowest BCUT2D eigenvalue weighted by Gasteiger charge is -2.28. The van der Waals surface area contributed by atoms with Gasteiger partial charge in [-0.1, -0.05) is 0 Å². The molecule has 0 radical (unpaired) electrons. The molecule has 0 unspecified atom stereocenters. The second-order valence-corrected chi connectivity index (χ2v) is 36.3. The van der Waals surface area contributed by atoms with Gasteiger partial charge in [0, 0.05) is 0 Å². The molecule has 0 saturated carbocycles.